The minimum Gasteiger partial charge on any atom is -0.489 e. The van der Waals surface area contributed by atoms with Gasteiger partial charge in [-0.3, -0.25) is 0 Å². The highest BCUT2D eigenvalue weighted by Gasteiger charge is 2.54. The Morgan fingerprint density at radius 2 is 2.19 bits per heavy atom. The molecule has 3 atom stereocenters. The Morgan fingerprint density at radius 1 is 1.27 bits per heavy atom. The molecule has 134 valence electrons. The number of benzene rings is 1. The third-order valence-corrected chi connectivity index (χ3v) is 5.45. The normalized spacial score (nSPS) is 29.3. The van der Waals surface area contributed by atoms with Crippen LogP contribution in [-0.2, 0) is 15.0 Å². The molecule has 6 nitrogen and oxygen atoms in total. The van der Waals surface area contributed by atoms with Crippen LogP contribution in [0.25, 0.3) is 11.1 Å². The molecule has 0 radical (unpaired) electrons. The van der Waals surface area contributed by atoms with Crippen LogP contribution in [0, 0.1) is 11.9 Å². The van der Waals surface area contributed by atoms with Crippen molar-refractivity contribution in [3.63, 3.8) is 0 Å². The Bertz CT molecular complexity index is 903. The molecule has 1 fully saturated rings. The molecule has 0 saturated carbocycles. The van der Waals surface area contributed by atoms with Crippen LogP contribution in [0.2, 0.25) is 0 Å². The number of amidine groups is 1. The molecule has 1 spiro atoms. The molecular weight excluding hydrogens is 337 g/mol. The highest BCUT2D eigenvalue weighted by Crippen LogP contribution is 2.50. The molecule has 7 heteroatoms. The first kappa shape index (κ1) is 15.6. The van der Waals surface area contributed by atoms with E-state index in [9.17, 15) is 4.39 Å². The van der Waals surface area contributed by atoms with E-state index in [1.807, 2.05) is 18.2 Å². The van der Waals surface area contributed by atoms with Crippen molar-refractivity contribution in [2.75, 3.05) is 19.8 Å². The van der Waals surface area contributed by atoms with Crippen molar-refractivity contribution in [1.29, 1.82) is 0 Å². The van der Waals surface area contributed by atoms with Crippen LogP contribution in [0.3, 0.4) is 0 Å². The van der Waals surface area contributed by atoms with Crippen LogP contribution in [0.15, 0.2) is 41.5 Å². The molecule has 1 unspecified atom stereocenters. The topological polar surface area (TPSA) is 79.0 Å². The maximum atomic E-state index is 14.2. The van der Waals surface area contributed by atoms with Crippen LogP contribution in [0.5, 0.6) is 5.75 Å². The average Bonchev–Trinajstić information content (AvgIpc) is 3.05. The first-order valence-electron chi connectivity index (χ1n) is 8.65. The monoisotopic (exact) mass is 355 g/mol. The molecule has 5 rings (SSSR count). The van der Waals surface area contributed by atoms with E-state index in [2.05, 4.69) is 9.98 Å². The van der Waals surface area contributed by atoms with Gasteiger partial charge in [-0.2, -0.15) is 4.39 Å². The fraction of sp³-hybridized carbons (Fsp3) is 0.368. The summed E-state index contributed by atoms with van der Waals surface area (Å²) < 4.78 is 31.6. The Hall–Kier alpha value is -2.67. The standard InChI is InChI=1S/C19H18FN3O3/c20-17-12(2-1-6-22-17)11-3-4-15-13(8-11)19(10-25-18(21)23-19)14-9-24-7-5-16(14)26-15/h1-4,6,8,14,16H,5,7,9-10H2,(H2,21,23)/t14?,16-,19+/m1/s1. The number of hydrogen-bond acceptors (Lipinski definition) is 6. The number of pyridine rings is 1. The fourth-order valence-electron chi connectivity index (χ4n) is 4.18. The fourth-order valence-corrected chi connectivity index (χ4v) is 4.18. The maximum Gasteiger partial charge on any atom is 0.283 e. The molecule has 2 N–H and O–H groups in total. The van der Waals surface area contributed by atoms with Crippen LogP contribution >= 0.6 is 0 Å². The number of ether oxygens (including phenoxy) is 3. The van der Waals surface area contributed by atoms with Crippen LogP contribution in [0.4, 0.5) is 4.39 Å². The van der Waals surface area contributed by atoms with Gasteiger partial charge in [0.1, 0.15) is 24.0 Å². The van der Waals surface area contributed by atoms with E-state index in [4.69, 9.17) is 19.9 Å². The SMILES string of the molecule is NC1=N[C@@]2(CO1)c1cc(-c3cccnc3F)ccc1O[C@@H]1CCOCC12. The van der Waals surface area contributed by atoms with Gasteiger partial charge in [0.2, 0.25) is 5.95 Å². The van der Waals surface area contributed by atoms with Crippen molar-refractivity contribution in [2.24, 2.45) is 16.6 Å². The number of nitrogens with two attached hydrogens (primary N) is 1. The first-order valence-corrected chi connectivity index (χ1v) is 8.65. The Labute approximate surface area is 149 Å². The van der Waals surface area contributed by atoms with Gasteiger partial charge in [0, 0.05) is 23.7 Å². The molecule has 1 aromatic carbocycles. The largest absolute Gasteiger partial charge is 0.489 e. The number of rotatable bonds is 1. The molecule has 1 aromatic heterocycles. The second-order valence-corrected chi connectivity index (χ2v) is 6.84. The minimum atomic E-state index is -0.669. The van der Waals surface area contributed by atoms with Gasteiger partial charge in [0.15, 0.2) is 0 Å². The minimum absolute atomic E-state index is 0.00112. The summed E-state index contributed by atoms with van der Waals surface area (Å²) in [5.41, 5.74) is 7.20. The summed E-state index contributed by atoms with van der Waals surface area (Å²) in [6.07, 6.45) is 2.22. The quantitative estimate of drug-likeness (QED) is 0.794. The highest BCUT2D eigenvalue weighted by atomic mass is 19.1. The van der Waals surface area contributed by atoms with Gasteiger partial charge in [0.05, 0.1) is 19.1 Å². The van der Waals surface area contributed by atoms with E-state index in [-0.39, 0.29) is 18.0 Å². The van der Waals surface area contributed by atoms with Gasteiger partial charge in [-0.15, -0.1) is 0 Å². The van der Waals surface area contributed by atoms with Crippen molar-refractivity contribution in [3.8, 4) is 16.9 Å². The lowest BCUT2D eigenvalue weighted by Gasteiger charge is -2.45. The van der Waals surface area contributed by atoms with Crippen molar-refractivity contribution >= 4 is 6.02 Å². The molecule has 0 aliphatic carbocycles. The zero-order chi connectivity index (χ0) is 17.7. The number of nitrogens with zero attached hydrogens (tertiary/aromatic N) is 2. The second kappa shape index (κ2) is 5.67. The predicted octanol–water partition coefficient (Wildman–Crippen LogP) is 2.23. The third kappa shape index (κ3) is 2.20. The van der Waals surface area contributed by atoms with Crippen molar-refractivity contribution < 1.29 is 18.6 Å². The zero-order valence-electron chi connectivity index (χ0n) is 14.0. The van der Waals surface area contributed by atoms with Gasteiger partial charge >= 0.3 is 0 Å². The van der Waals surface area contributed by atoms with Gasteiger partial charge in [-0.05, 0) is 29.8 Å². The summed E-state index contributed by atoms with van der Waals surface area (Å²) in [5, 5.41) is 0. The third-order valence-electron chi connectivity index (χ3n) is 5.45. The molecular formula is C19H18FN3O3. The summed E-state index contributed by atoms with van der Waals surface area (Å²) in [7, 11) is 0. The molecule has 3 aliphatic rings. The maximum absolute atomic E-state index is 14.2. The van der Waals surface area contributed by atoms with E-state index in [1.54, 1.807) is 12.1 Å². The molecule has 26 heavy (non-hydrogen) atoms. The summed E-state index contributed by atoms with van der Waals surface area (Å²) in [5.74, 6) is 0.227. The van der Waals surface area contributed by atoms with E-state index in [0.29, 0.717) is 30.9 Å². The van der Waals surface area contributed by atoms with Crippen molar-refractivity contribution in [3.05, 3.63) is 48.0 Å². The molecule has 0 amide bonds. The molecule has 2 aromatic rings. The van der Waals surface area contributed by atoms with Crippen molar-refractivity contribution in [2.45, 2.75) is 18.1 Å². The zero-order valence-corrected chi connectivity index (χ0v) is 14.0. The summed E-state index contributed by atoms with van der Waals surface area (Å²) >= 11 is 0. The Morgan fingerprint density at radius 3 is 3.00 bits per heavy atom. The van der Waals surface area contributed by atoms with Gasteiger partial charge < -0.3 is 19.9 Å². The predicted molar refractivity (Wildman–Crippen MR) is 92.2 cm³/mol. The smallest absolute Gasteiger partial charge is 0.283 e. The molecule has 0 bridgehead atoms. The Balaban J connectivity index is 1.69. The summed E-state index contributed by atoms with van der Waals surface area (Å²) in [6.45, 7) is 1.51. The molecule has 4 heterocycles. The number of aliphatic imine (C=N–C) groups is 1. The lowest BCUT2D eigenvalue weighted by Crippen LogP contribution is -2.52. The van der Waals surface area contributed by atoms with Gasteiger partial charge in [0.25, 0.3) is 6.02 Å². The van der Waals surface area contributed by atoms with E-state index in [0.717, 1.165) is 17.7 Å². The lowest BCUT2D eigenvalue weighted by atomic mass is 9.72. The molecule has 1 saturated heterocycles. The number of fused-ring (bicyclic) bond motifs is 4. The average molecular weight is 355 g/mol. The Kier molecular flexibility index (Phi) is 3.40. The van der Waals surface area contributed by atoms with E-state index in [1.165, 1.54) is 6.20 Å². The molecule has 3 aliphatic heterocycles. The van der Waals surface area contributed by atoms with Gasteiger partial charge in [-0.1, -0.05) is 6.07 Å². The van der Waals surface area contributed by atoms with E-state index < -0.39 is 11.5 Å². The number of halogens is 1. The number of aromatic nitrogens is 1. The lowest BCUT2D eigenvalue weighted by molar-refractivity contribution is -0.0726. The highest BCUT2D eigenvalue weighted by molar-refractivity contribution is 5.75. The van der Waals surface area contributed by atoms with Gasteiger partial charge in [-0.25, -0.2) is 9.98 Å². The number of hydrogen-bond donors (Lipinski definition) is 1. The van der Waals surface area contributed by atoms with Crippen molar-refractivity contribution in [1.82, 2.24) is 4.98 Å². The second-order valence-electron chi connectivity index (χ2n) is 6.84. The van der Waals surface area contributed by atoms with Crippen LogP contribution < -0.4 is 10.5 Å². The van der Waals surface area contributed by atoms with E-state index >= 15 is 0 Å². The van der Waals surface area contributed by atoms with Crippen LogP contribution in [0.1, 0.15) is 12.0 Å². The van der Waals surface area contributed by atoms with Crippen LogP contribution in [-0.4, -0.2) is 36.9 Å². The summed E-state index contributed by atoms with van der Waals surface area (Å²) in [4.78, 5) is 8.41. The first-order chi connectivity index (χ1) is 12.7. The summed E-state index contributed by atoms with van der Waals surface area (Å²) in [6, 6.07) is 9.20.